The summed E-state index contributed by atoms with van der Waals surface area (Å²) in [5.41, 5.74) is 6.69. The lowest BCUT2D eigenvalue weighted by atomic mass is 10.2. The standard InChI is InChI=1S/C10H11ClN4S/c1-15-6-13-14-10(15)16-9-3-2-8(11)4-7(9)5-12/h2-4,6H,5,12H2,1H3. The number of aromatic nitrogens is 3. The number of benzene rings is 1. The molecule has 1 heterocycles. The smallest absolute Gasteiger partial charge is 0.195 e. The predicted molar refractivity (Wildman–Crippen MR) is 64.5 cm³/mol. The lowest BCUT2D eigenvalue weighted by molar-refractivity contribution is 0.788. The fourth-order valence-corrected chi connectivity index (χ4v) is 2.35. The highest BCUT2D eigenvalue weighted by atomic mass is 35.5. The van der Waals surface area contributed by atoms with Crippen molar-refractivity contribution in [3.63, 3.8) is 0 Å². The van der Waals surface area contributed by atoms with Gasteiger partial charge in [-0.25, -0.2) is 0 Å². The van der Waals surface area contributed by atoms with Crippen LogP contribution in [0.4, 0.5) is 0 Å². The molecule has 0 radical (unpaired) electrons. The number of aryl methyl sites for hydroxylation is 1. The van der Waals surface area contributed by atoms with Gasteiger partial charge in [-0.05, 0) is 35.5 Å². The Bertz CT molecular complexity index is 497. The van der Waals surface area contributed by atoms with Crippen LogP contribution in [0.2, 0.25) is 5.02 Å². The molecule has 2 N–H and O–H groups in total. The molecule has 16 heavy (non-hydrogen) atoms. The highest BCUT2D eigenvalue weighted by Crippen LogP contribution is 2.30. The third-order valence-corrected chi connectivity index (χ3v) is 3.52. The highest BCUT2D eigenvalue weighted by Gasteiger charge is 2.07. The number of hydrogen-bond donors (Lipinski definition) is 1. The molecule has 2 aromatic rings. The average molecular weight is 255 g/mol. The Morgan fingerprint density at radius 1 is 1.50 bits per heavy atom. The van der Waals surface area contributed by atoms with E-state index in [4.69, 9.17) is 17.3 Å². The van der Waals surface area contributed by atoms with Crippen molar-refractivity contribution in [1.82, 2.24) is 14.8 Å². The van der Waals surface area contributed by atoms with E-state index in [-0.39, 0.29) is 0 Å². The Morgan fingerprint density at radius 3 is 2.94 bits per heavy atom. The first-order chi connectivity index (χ1) is 7.70. The molecule has 0 aliphatic heterocycles. The minimum Gasteiger partial charge on any atom is -0.326 e. The molecule has 0 saturated heterocycles. The van der Waals surface area contributed by atoms with Gasteiger partial charge in [0.1, 0.15) is 6.33 Å². The van der Waals surface area contributed by atoms with E-state index in [9.17, 15) is 0 Å². The molecule has 0 spiro atoms. The van der Waals surface area contributed by atoms with Gasteiger partial charge in [0, 0.05) is 23.5 Å². The Kier molecular flexibility index (Phi) is 3.48. The van der Waals surface area contributed by atoms with E-state index in [1.807, 2.05) is 29.8 Å². The summed E-state index contributed by atoms with van der Waals surface area (Å²) in [5, 5.41) is 9.36. The fraction of sp³-hybridized carbons (Fsp3) is 0.200. The van der Waals surface area contributed by atoms with Gasteiger partial charge in [0.25, 0.3) is 0 Å². The maximum absolute atomic E-state index is 5.91. The highest BCUT2D eigenvalue weighted by molar-refractivity contribution is 7.99. The topological polar surface area (TPSA) is 56.7 Å². The van der Waals surface area contributed by atoms with Crippen LogP contribution in [0, 0.1) is 0 Å². The zero-order chi connectivity index (χ0) is 11.5. The maximum atomic E-state index is 5.91. The minimum absolute atomic E-state index is 0.459. The van der Waals surface area contributed by atoms with Crippen LogP contribution in [-0.4, -0.2) is 14.8 Å². The summed E-state index contributed by atoms with van der Waals surface area (Å²) in [7, 11) is 1.90. The summed E-state index contributed by atoms with van der Waals surface area (Å²) in [6.45, 7) is 0.459. The third kappa shape index (κ3) is 2.37. The number of rotatable bonds is 3. The predicted octanol–water partition coefficient (Wildman–Crippen LogP) is 2.08. The van der Waals surface area contributed by atoms with Gasteiger partial charge in [0.15, 0.2) is 5.16 Å². The van der Waals surface area contributed by atoms with E-state index in [0.29, 0.717) is 11.6 Å². The second-order valence-electron chi connectivity index (χ2n) is 3.28. The van der Waals surface area contributed by atoms with E-state index in [1.54, 1.807) is 6.33 Å². The number of nitrogens with zero attached hydrogens (tertiary/aromatic N) is 3. The Balaban J connectivity index is 2.31. The molecule has 0 aliphatic rings. The maximum Gasteiger partial charge on any atom is 0.195 e. The van der Waals surface area contributed by atoms with E-state index in [2.05, 4.69) is 10.2 Å². The molecular formula is C10H11ClN4S. The zero-order valence-corrected chi connectivity index (χ0v) is 10.3. The van der Waals surface area contributed by atoms with Crippen LogP contribution in [0.5, 0.6) is 0 Å². The second kappa shape index (κ2) is 4.86. The normalized spacial score (nSPS) is 10.7. The first kappa shape index (κ1) is 11.4. The molecule has 6 heteroatoms. The van der Waals surface area contributed by atoms with Crippen LogP contribution >= 0.6 is 23.4 Å². The molecule has 4 nitrogen and oxygen atoms in total. The SMILES string of the molecule is Cn1cnnc1Sc1ccc(Cl)cc1CN. The third-order valence-electron chi connectivity index (χ3n) is 2.11. The van der Waals surface area contributed by atoms with Crippen molar-refractivity contribution in [3.05, 3.63) is 35.1 Å². The van der Waals surface area contributed by atoms with Crippen LogP contribution in [0.1, 0.15) is 5.56 Å². The quantitative estimate of drug-likeness (QED) is 0.911. The molecule has 0 amide bonds. The van der Waals surface area contributed by atoms with Crippen molar-refractivity contribution in [2.45, 2.75) is 16.6 Å². The Morgan fingerprint density at radius 2 is 2.31 bits per heavy atom. The molecule has 0 atom stereocenters. The van der Waals surface area contributed by atoms with E-state index in [1.165, 1.54) is 11.8 Å². The van der Waals surface area contributed by atoms with Gasteiger partial charge in [-0.2, -0.15) is 0 Å². The molecule has 0 unspecified atom stereocenters. The second-order valence-corrected chi connectivity index (χ2v) is 4.73. The van der Waals surface area contributed by atoms with Crippen molar-refractivity contribution in [2.24, 2.45) is 12.8 Å². The minimum atomic E-state index is 0.459. The van der Waals surface area contributed by atoms with Crippen LogP contribution in [-0.2, 0) is 13.6 Å². The van der Waals surface area contributed by atoms with Crippen LogP contribution in [0.3, 0.4) is 0 Å². The first-order valence-corrected chi connectivity index (χ1v) is 5.90. The number of hydrogen-bond acceptors (Lipinski definition) is 4. The van der Waals surface area contributed by atoms with E-state index in [0.717, 1.165) is 15.6 Å². The number of nitrogens with two attached hydrogens (primary N) is 1. The van der Waals surface area contributed by atoms with Gasteiger partial charge in [-0.1, -0.05) is 11.6 Å². The summed E-state index contributed by atoms with van der Waals surface area (Å²) in [4.78, 5) is 1.06. The van der Waals surface area contributed by atoms with Gasteiger partial charge >= 0.3 is 0 Å². The van der Waals surface area contributed by atoms with Crippen molar-refractivity contribution >= 4 is 23.4 Å². The van der Waals surface area contributed by atoms with E-state index < -0.39 is 0 Å². The molecule has 84 valence electrons. The van der Waals surface area contributed by atoms with Crippen molar-refractivity contribution in [1.29, 1.82) is 0 Å². The molecule has 0 fully saturated rings. The summed E-state index contributed by atoms with van der Waals surface area (Å²) >= 11 is 7.44. The van der Waals surface area contributed by atoms with Crippen LogP contribution in [0.25, 0.3) is 0 Å². The lowest BCUT2D eigenvalue weighted by Crippen LogP contribution is -1.99. The van der Waals surface area contributed by atoms with Crippen molar-refractivity contribution in [3.8, 4) is 0 Å². The number of halogens is 1. The monoisotopic (exact) mass is 254 g/mol. The Labute approximate surface area is 103 Å². The van der Waals surface area contributed by atoms with Crippen molar-refractivity contribution in [2.75, 3.05) is 0 Å². The molecule has 1 aromatic carbocycles. The molecule has 0 saturated carbocycles. The first-order valence-electron chi connectivity index (χ1n) is 4.71. The Hall–Kier alpha value is -1.04. The summed E-state index contributed by atoms with van der Waals surface area (Å²) in [6.07, 6.45) is 1.67. The van der Waals surface area contributed by atoms with Gasteiger partial charge in [-0.3, -0.25) is 0 Å². The van der Waals surface area contributed by atoms with E-state index >= 15 is 0 Å². The molecule has 1 aromatic heterocycles. The van der Waals surface area contributed by atoms with Crippen LogP contribution < -0.4 is 5.73 Å². The fourth-order valence-electron chi connectivity index (χ4n) is 1.27. The largest absolute Gasteiger partial charge is 0.326 e. The van der Waals surface area contributed by atoms with Crippen LogP contribution in [0.15, 0.2) is 34.6 Å². The molecule has 2 rings (SSSR count). The van der Waals surface area contributed by atoms with Crippen molar-refractivity contribution < 1.29 is 0 Å². The zero-order valence-electron chi connectivity index (χ0n) is 8.72. The summed E-state index contributed by atoms with van der Waals surface area (Å²) < 4.78 is 1.86. The van der Waals surface area contributed by atoms with Gasteiger partial charge in [0.2, 0.25) is 0 Å². The molecule has 0 bridgehead atoms. The summed E-state index contributed by atoms with van der Waals surface area (Å²) in [5.74, 6) is 0. The summed E-state index contributed by atoms with van der Waals surface area (Å²) in [6, 6.07) is 5.67. The average Bonchev–Trinajstić information content (AvgIpc) is 2.67. The van der Waals surface area contributed by atoms with Gasteiger partial charge in [-0.15, -0.1) is 10.2 Å². The van der Waals surface area contributed by atoms with Gasteiger partial charge < -0.3 is 10.3 Å². The molecule has 0 aliphatic carbocycles. The molecular weight excluding hydrogens is 244 g/mol. The lowest BCUT2D eigenvalue weighted by Gasteiger charge is -2.06. The van der Waals surface area contributed by atoms with Gasteiger partial charge in [0.05, 0.1) is 0 Å².